The van der Waals surface area contributed by atoms with Crippen molar-refractivity contribution in [2.75, 3.05) is 13.1 Å². The molecule has 0 aliphatic carbocycles. The molecule has 17 heavy (non-hydrogen) atoms. The topological polar surface area (TPSA) is 92.9 Å². The molecule has 6 nitrogen and oxygen atoms in total. The van der Waals surface area contributed by atoms with Crippen LogP contribution >= 0.6 is 0 Å². The fourth-order valence-corrected chi connectivity index (χ4v) is 1.85. The van der Waals surface area contributed by atoms with Gasteiger partial charge >= 0.3 is 12.1 Å². The number of hydrogen-bond acceptors (Lipinski definition) is 4. The Labute approximate surface area is 101 Å². The Morgan fingerprint density at radius 2 is 2.06 bits per heavy atom. The number of amides is 1. The maximum absolute atomic E-state index is 11.8. The van der Waals surface area contributed by atoms with Gasteiger partial charge in [0.05, 0.1) is 0 Å². The highest BCUT2D eigenvalue weighted by Crippen LogP contribution is 2.24. The summed E-state index contributed by atoms with van der Waals surface area (Å²) < 4.78 is 5.18. The Hall–Kier alpha value is -1.30. The molecule has 3 N–H and O–H groups in total. The first kappa shape index (κ1) is 13.8. The largest absolute Gasteiger partial charge is 0.480 e. The first-order valence-electron chi connectivity index (χ1n) is 5.67. The Morgan fingerprint density at radius 1 is 1.47 bits per heavy atom. The van der Waals surface area contributed by atoms with Crippen molar-refractivity contribution in [2.24, 2.45) is 11.7 Å². The zero-order valence-electron chi connectivity index (χ0n) is 10.5. The summed E-state index contributed by atoms with van der Waals surface area (Å²) in [7, 11) is 0. The van der Waals surface area contributed by atoms with Crippen LogP contribution in [-0.4, -0.2) is 46.8 Å². The first-order chi connectivity index (χ1) is 7.74. The lowest BCUT2D eigenvalue weighted by atomic mass is 10.1. The molecule has 1 fully saturated rings. The molecule has 1 saturated heterocycles. The summed E-state index contributed by atoms with van der Waals surface area (Å²) in [6.07, 6.45) is -0.189. The third kappa shape index (κ3) is 3.59. The molecule has 0 saturated carbocycles. The molecule has 0 radical (unpaired) electrons. The normalized spacial score (nSPS) is 24.8. The molecule has 0 aromatic rings. The van der Waals surface area contributed by atoms with Gasteiger partial charge in [0.1, 0.15) is 11.6 Å². The van der Waals surface area contributed by atoms with Crippen LogP contribution in [0.4, 0.5) is 4.79 Å². The summed E-state index contributed by atoms with van der Waals surface area (Å²) >= 11 is 0. The summed E-state index contributed by atoms with van der Waals surface area (Å²) in [6, 6.07) is -0.821. The van der Waals surface area contributed by atoms with E-state index in [-0.39, 0.29) is 5.92 Å². The van der Waals surface area contributed by atoms with Crippen molar-refractivity contribution in [3.63, 3.8) is 0 Å². The smallest absolute Gasteiger partial charge is 0.411 e. The molecule has 6 heteroatoms. The number of carbonyl (C=O) groups excluding carboxylic acids is 1. The molecule has 1 aliphatic heterocycles. The van der Waals surface area contributed by atoms with Crippen molar-refractivity contribution in [3.8, 4) is 0 Å². The summed E-state index contributed by atoms with van der Waals surface area (Å²) in [5.41, 5.74) is 4.89. The van der Waals surface area contributed by atoms with E-state index < -0.39 is 23.7 Å². The van der Waals surface area contributed by atoms with Crippen molar-refractivity contribution < 1.29 is 19.4 Å². The lowest BCUT2D eigenvalue weighted by Crippen LogP contribution is -2.43. The minimum Gasteiger partial charge on any atom is -0.480 e. The lowest BCUT2D eigenvalue weighted by Gasteiger charge is -2.26. The number of nitrogens with zero attached hydrogens (tertiary/aromatic N) is 1. The zero-order valence-corrected chi connectivity index (χ0v) is 10.5. The number of carboxylic acid groups (broad SMARTS) is 1. The zero-order chi connectivity index (χ0) is 13.2. The maximum atomic E-state index is 11.8. The average molecular weight is 244 g/mol. The molecule has 0 spiro atoms. The summed E-state index contributed by atoms with van der Waals surface area (Å²) in [4.78, 5) is 24.1. The van der Waals surface area contributed by atoms with E-state index in [1.165, 1.54) is 4.90 Å². The number of nitrogens with two attached hydrogens (primary N) is 1. The van der Waals surface area contributed by atoms with Gasteiger partial charge in [-0.3, -0.25) is 4.90 Å². The monoisotopic (exact) mass is 244 g/mol. The Bertz CT molecular complexity index is 311. The van der Waals surface area contributed by atoms with Crippen molar-refractivity contribution in [1.29, 1.82) is 0 Å². The first-order valence-corrected chi connectivity index (χ1v) is 5.67. The van der Waals surface area contributed by atoms with Gasteiger partial charge in [-0.05, 0) is 39.7 Å². The van der Waals surface area contributed by atoms with E-state index in [1.54, 1.807) is 20.8 Å². The number of hydrogen-bond donors (Lipinski definition) is 2. The van der Waals surface area contributed by atoms with Crippen LogP contribution in [0.15, 0.2) is 0 Å². The fourth-order valence-electron chi connectivity index (χ4n) is 1.85. The Morgan fingerprint density at radius 3 is 2.47 bits per heavy atom. The molecule has 98 valence electrons. The SMILES string of the molecule is CC(C)(C)OC(=O)N1C[C@H](CN)C[C@@H]1C(=O)O. The van der Waals surface area contributed by atoms with E-state index in [1.807, 2.05) is 0 Å². The Balaban J connectivity index is 2.73. The fraction of sp³-hybridized carbons (Fsp3) is 0.818. The standard InChI is InChI=1S/C11H20N2O4/c1-11(2,3)17-10(16)13-6-7(5-12)4-8(13)9(14)15/h7-8H,4-6,12H2,1-3H3,(H,14,15)/t7-,8+/m0/s1. The third-order valence-corrected chi connectivity index (χ3v) is 2.63. The molecular formula is C11H20N2O4. The molecule has 2 atom stereocenters. The summed E-state index contributed by atoms with van der Waals surface area (Å²) in [5, 5.41) is 9.05. The van der Waals surface area contributed by atoms with E-state index in [0.717, 1.165) is 0 Å². The minimum absolute atomic E-state index is 0.0311. The second-order valence-electron chi connectivity index (χ2n) is 5.32. The quantitative estimate of drug-likeness (QED) is 0.744. The van der Waals surface area contributed by atoms with Gasteiger partial charge in [0.2, 0.25) is 0 Å². The molecule has 1 aliphatic rings. The van der Waals surface area contributed by atoms with Gasteiger partial charge < -0.3 is 15.6 Å². The second kappa shape index (κ2) is 4.91. The predicted molar refractivity (Wildman–Crippen MR) is 61.5 cm³/mol. The van der Waals surface area contributed by atoms with Gasteiger partial charge in [0, 0.05) is 6.54 Å². The number of carboxylic acids is 1. The van der Waals surface area contributed by atoms with Crippen molar-refractivity contribution in [2.45, 2.75) is 38.8 Å². The van der Waals surface area contributed by atoms with Crippen molar-refractivity contribution in [1.82, 2.24) is 4.90 Å². The molecule has 0 unspecified atom stereocenters. The van der Waals surface area contributed by atoms with Gasteiger partial charge in [-0.2, -0.15) is 0 Å². The van der Waals surface area contributed by atoms with Crippen LogP contribution in [0.2, 0.25) is 0 Å². The van der Waals surface area contributed by atoms with Crippen LogP contribution in [0, 0.1) is 5.92 Å². The molecule has 0 aromatic heterocycles. The molecule has 1 heterocycles. The molecular weight excluding hydrogens is 224 g/mol. The van der Waals surface area contributed by atoms with Crippen LogP contribution in [0.1, 0.15) is 27.2 Å². The molecule has 1 amide bonds. The number of likely N-dealkylation sites (tertiary alicyclic amines) is 1. The lowest BCUT2D eigenvalue weighted by molar-refractivity contribution is -0.142. The highest BCUT2D eigenvalue weighted by molar-refractivity contribution is 5.81. The summed E-state index contributed by atoms with van der Waals surface area (Å²) in [5.74, 6) is -0.976. The third-order valence-electron chi connectivity index (χ3n) is 2.63. The van der Waals surface area contributed by atoms with Gasteiger partial charge in [0.25, 0.3) is 0 Å². The van der Waals surface area contributed by atoms with Gasteiger partial charge in [-0.25, -0.2) is 9.59 Å². The van der Waals surface area contributed by atoms with E-state index in [0.29, 0.717) is 19.5 Å². The van der Waals surface area contributed by atoms with E-state index in [9.17, 15) is 9.59 Å². The number of aliphatic carboxylic acids is 1. The Kier molecular flexibility index (Phi) is 3.98. The highest BCUT2D eigenvalue weighted by Gasteiger charge is 2.40. The number of ether oxygens (including phenoxy) is 1. The number of carbonyl (C=O) groups is 2. The molecule has 1 rings (SSSR count). The number of rotatable bonds is 2. The van der Waals surface area contributed by atoms with Gasteiger partial charge in [-0.15, -0.1) is 0 Å². The van der Waals surface area contributed by atoms with Gasteiger partial charge in [0.15, 0.2) is 0 Å². The predicted octanol–water partition coefficient (Wildman–Crippen LogP) is 0.655. The van der Waals surface area contributed by atoms with E-state index >= 15 is 0 Å². The van der Waals surface area contributed by atoms with Crippen molar-refractivity contribution >= 4 is 12.1 Å². The van der Waals surface area contributed by atoms with Crippen molar-refractivity contribution in [3.05, 3.63) is 0 Å². The van der Waals surface area contributed by atoms with Crippen LogP contribution in [0.25, 0.3) is 0 Å². The van der Waals surface area contributed by atoms with Crippen LogP contribution in [0.3, 0.4) is 0 Å². The van der Waals surface area contributed by atoms with Crippen LogP contribution < -0.4 is 5.73 Å². The molecule has 0 aromatic carbocycles. The van der Waals surface area contributed by atoms with Crippen LogP contribution in [0.5, 0.6) is 0 Å². The van der Waals surface area contributed by atoms with E-state index in [2.05, 4.69) is 0 Å². The molecule has 0 bridgehead atoms. The highest BCUT2D eigenvalue weighted by atomic mass is 16.6. The minimum atomic E-state index is -1.01. The summed E-state index contributed by atoms with van der Waals surface area (Å²) in [6.45, 7) is 5.97. The van der Waals surface area contributed by atoms with Crippen LogP contribution in [-0.2, 0) is 9.53 Å². The maximum Gasteiger partial charge on any atom is 0.411 e. The van der Waals surface area contributed by atoms with E-state index in [4.69, 9.17) is 15.6 Å². The second-order valence-corrected chi connectivity index (χ2v) is 5.32. The average Bonchev–Trinajstić information content (AvgIpc) is 2.58. The van der Waals surface area contributed by atoms with Gasteiger partial charge in [-0.1, -0.05) is 0 Å².